The lowest BCUT2D eigenvalue weighted by molar-refractivity contribution is -0.144. The zero-order valence-electron chi connectivity index (χ0n) is 22.9. The van der Waals surface area contributed by atoms with Gasteiger partial charge in [-0.25, -0.2) is 9.18 Å². The zero-order chi connectivity index (χ0) is 27.0. The van der Waals surface area contributed by atoms with Crippen LogP contribution in [-0.4, -0.2) is 30.8 Å². The molecule has 204 valence electrons. The van der Waals surface area contributed by atoms with Gasteiger partial charge in [0.1, 0.15) is 11.9 Å². The van der Waals surface area contributed by atoms with Crippen molar-refractivity contribution >= 4 is 17.6 Å². The van der Waals surface area contributed by atoms with Crippen LogP contribution in [0.25, 0.3) is 5.57 Å². The SMILES string of the molecule is CCOC(=O)N[C@@H]1CC[C@@H]2[C@H](C1)C[C@H]1C(=O)O[C@H](C)[C@@]1(C)[C@@H]2/C=C/C1=CC=C(c2cccc(F)c2)C(C)C1. The molecule has 38 heavy (non-hydrogen) atoms. The van der Waals surface area contributed by atoms with Crippen LogP contribution >= 0.6 is 0 Å². The molecule has 0 spiro atoms. The largest absolute Gasteiger partial charge is 0.462 e. The number of ether oxygens (including phenoxy) is 2. The molecule has 1 aliphatic heterocycles. The van der Waals surface area contributed by atoms with Crippen molar-refractivity contribution < 1.29 is 23.5 Å². The Morgan fingerprint density at radius 3 is 2.79 bits per heavy atom. The van der Waals surface area contributed by atoms with E-state index in [2.05, 4.69) is 43.5 Å². The minimum absolute atomic E-state index is 0.0763. The molecule has 1 N–H and O–H groups in total. The minimum atomic E-state index is -0.356. The molecule has 1 aromatic rings. The molecule has 1 unspecified atom stereocenters. The van der Waals surface area contributed by atoms with E-state index >= 15 is 0 Å². The number of hydrogen-bond acceptors (Lipinski definition) is 4. The summed E-state index contributed by atoms with van der Waals surface area (Å²) in [6, 6.07) is 6.89. The van der Waals surface area contributed by atoms with Crippen LogP contribution in [-0.2, 0) is 14.3 Å². The number of rotatable bonds is 5. The summed E-state index contributed by atoms with van der Waals surface area (Å²) >= 11 is 0. The van der Waals surface area contributed by atoms with Crippen molar-refractivity contribution in [1.29, 1.82) is 0 Å². The molecular formula is C32H40FNO4. The number of cyclic esters (lactones) is 1. The number of allylic oxidation sites excluding steroid dienone is 6. The first kappa shape index (κ1) is 26.7. The zero-order valence-corrected chi connectivity index (χ0v) is 22.9. The van der Waals surface area contributed by atoms with Crippen LogP contribution in [0.1, 0.15) is 65.4 Å². The summed E-state index contributed by atoms with van der Waals surface area (Å²) in [5.41, 5.74) is 3.09. The Bertz CT molecular complexity index is 1170. The fourth-order valence-corrected chi connectivity index (χ4v) is 7.68. The quantitative estimate of drug-likeness (QED) is 0.431. The van der Waals surface area contributed by atoms with Crippen molar-refractivity contribution in [3.05, 3.63) is 65.5 Å². The van der Waals surface area contributed by atoms with E-state index in [1.165, 1.54) is 11.6 Å². The molecule has 3 fully saturated rings. The third kappa shape index (κ3) is 4.94. The van der Waals surface area contributed by atoms with Gasteiger partial charge in [0.25, 0.3) is 0 Å². The van der Waals surface area contributed by atoms with E-state index in [1.807, 2.05) is 19.9 Å². The second kappa shape index (κ2) is 10.7. The first-order valence-corrected chi connectivity index (χ1v) is 14.2. The van der Waals surface area contributed by atoms with Crippen molar-refractivity contribution in [1.82, 2.24) is 5.32 Å². The average Bonchev–Trinajstić information content (AvgIpc) is 3.09. The van der Waals surface area contributed by atoms with Crippen molar-refractivity contribution in [2.75, 3.05) is 6.61 Å². The minimum Gasteiger partial charge on any atom is -0.462 e. The molecule has 0 bridgehead atoms. The monoisotopic (exact) mass is 521 g/mol. The van der Waals surface area contributed by atoms with E-state index < -0.39 is 0 Å². The number of fused-ring (bicyclic) bond motifs is 2. The molecule has 2 saturated carbocycles. The Morgan fingerprint density at radius 2 is 2.05 bits per heavy atom. The number of alkyl carbamates (subject to hydrolysis) is 1. The summed E-state index contributed by atoms with van der Waals surface area (Å²) in [4.78, 5) is 25.0. The maximum absolute atomic E-state index is 13.8. The number of halogens is 1. The van der Waals surface area contributed by atoms with Gasteiger partial charge in [-0.1, -0.05) is 50.3 Å². The normalized spacial score (nSPS) is 36.6. The van der Waals surface area contributed by atoms with Gasteiger partial charge in [0.05, 0.1) is 12.5 Å². The van der Waals surface area contributed by atoms with Gasteiger partial charge in [-0.3, -0.25) is 4.79 Å². The Morgan fingerprint density at radius 1 is 1.24 bits per heavy atom. The van der Waals surface area contributed by atoms with Crippen LogP contribution in [0.4, 0.5) is 9.18 Å². The lowest BCUT2D eigenvalue weighted by atomic mass is 9.50. The molecule has 0 radical (unpaired) electrons. The summed E-state index contributed by atoms with van der Waals surface area (Å²) in [6.07, 6.45) is 12.9. The van der Waals surface area contributed by atoms with Crippen molar-refractivity contribution in [2.24, 2.45) is 35.0 Å². The first-order valence-electron chi connectivity index (χ1n) is 14.2. The van der Waals surface area contributed by atoms with E-state index in [9.17, 15) is 14.0 Å². The topological polar surface area (TPSA) is 64.6 Å². The number of hydrogen-bond donors (Lipinski definition) is 1. The third-order valence-corrected chi connectivity index (χ3v) is 9.79. The maximum atomic E-state index is 13.8. The molecule has 1 saturated heterocycles. The molecule has 1 heterocycles. The molecule has 4 aliphatic rings. The highest BCUT2D eigenvalue weighted by molar-refractivity contribution is 5.77. The lowest BCUT2D eigenvalue weighted by Crippen LogP contribution is -2.53. The van der Waals surface area contributed by atoms with Crippen LogP contribution in [0, 0.1) is 40.8 Å². The molecule has 5 nitrogen and oxygen atoms in total. The van der Waals surface area contributed by atoms with Crippen molar-refractivity contribution in [3.8, 4) is 0 Å². The Labute approximate surface area is 225 Å². The van der Waals surface area contributed by atoms with Crippen LogP contribution < -0.4 is 5.32 Å². The van der Waals surface area contributed by atoms with Gasteiger partial charge in [-0.05, 0) is 98.5 Å². The highest BCUT2D eigenvalue weighted by Gasteiger charge is 2.62. The summed E-state index contributed by atoms with van der Waals surface area (Å²) in [6.45, 7) is 8.64. The third-order valence-electron chi connectivity index (χ3n) is 9.79. The van der Waals surface area contributed by atoms with Crippen LogP contribution in [0.15, 0.2) is 54.1 Å². The summed E-state index contributed by atoms with van der Waals surface area (Å²) in [7, 11) is 0. The Kier molecular flexibility index (Phi) is 7.52. The molecule has 5 rings (SSSR count). The van der Waals surface area contributed by atoms with Gasteiger partial charge in [-0.2, -0.15) is 0 Å². The second-order valence-corrected chi connectivity index (χ2v) is 11.9. The number of esters is 1. The fourth-order valence-electron chi connectivity index (χ4n) is 7.68. The van der Waals surface area contributed by atoms with E-state index in [4.69, 9.17) is 9.47 Å². The molecule has 1 amide bonds. The van der Waals surface area contributed by atoms with E-state index in [-0.39, 0.29) is 53.2 Å². The molecular weight excluding hydrogens is 481 g/mol. The lowest BCUT2D eigenvalue weighted by Gasteiger charge is -2.52. The van der Waals surface area contributed by atoms with Gasteiger partial charge < -0.3 is 14.8 Å². The fraction of sp³-hybridized carbons (Fsp3) is 0.562. The van der Waals surface area contributed by atoms with E-state index in [0.717, 1.165) is 43.2 Å². The molecule has 1 aromatic carbocycles. The van der Waals surface area contributed by atoms with Gasteiger partial charge >= 0.3 is 12.1 Å². The van der Waals surface area contributed by atoms with Crippen molar-refractivity contribution in [2.45, 2.75) is 71.9 Å². The van der Waals surface area contributed by atoms with Crippen LogP contribution in [0.3, 0.4) is 0 Å². The highest BCUT2D eigenvalue weighted by atomic mass is 19.1. The Hall–Kier alpha value is -2.89. The number of amides is 1. The number of carbonyl (C=O) groups is 2. The smallest absolute Gasteiger partial charge is 0.407 e. The second-order valence-electron chi connectivity index (χ2n) is 11.9. The number of nitrogens with one attached hydrogen (secondary N) is 1. The molecule has 3 aliphatic carbocycles. The summed E-state index contributed by atoms with van der Waals surface area (Å²) in [5.74, 6) is 0.850. The van der Waals surface area contributed by atoms with Crippen LogP contribution in [0.5, 0.6) is 0 Å². The van der Waals surface area contributed by atoms with Crippen LogP contribution in [0.2, 0.25) is 0 Å². The van der Waals surface area contributed by atoms with Gasteiger partial charge in [0, 0.05) is 11.5 Å². The maximum Gasteiger partial charge on any atom is 0.407 e. The predicted octanol–water partition coefficient (Wildman–Crippen LogP) is 6.85. The first-order chi connectivity index (χ1) is 18.2. The predicted molar refractivity (Wildman–Crippen MR) is 145 cm³/mol. The Balaban J connectivity index is 1.39. The van der Waals surface area contributed by atoms with Crippen molar-refractivity contribution in [3.63, 3.8) is 0 Å². The van der Waals surface area contributed by atoms with E-state index in [1.54, 1.807) is 12.1 Å². The average molecular weight is 522 g/mol. The standard InChI is InChI=1S/C32H40FNO4/c1-5-37-31(36)34-25-11-13-27-23(17-25)18-29-30(35)38-20(3)32(29,4)28(27)14-10-21-9-12-26(19(2)15-21)22-7-6-8-24(33)16-22/h6-10,12,14,16,19-20,23,25,27-29H,5,11,13,15,17-18H2,1-4H3,(H,34,36)/b14-10+/t19?,20-,23-,25-,27-,28-,29+,32+/m1/s1. The van der Waals surface area contributed by atoms with E-state index in [0.29, 0.717) is 18.4 Å². The number of carbonyl (C=O) groups excluding carboxylic acids is 2. The van der Waals surface area contributed by atoms with Gasteiger partial charge in [-0.15, -0.1) is 0 Å². The molecule has 6 heteroatoms. The highest BCUT2D eigenvalue weighted by Crippen LogP contribution is 2.60. The summed E-state index contributed by atoms with van der Waals surface area (Å²) in [5, 5.41) is 3.03. The van der Waals surface area contributed by atoms with Gasteiger partial charge in [0.2, 0.25) is 0 Å². The summed E-state index contributed by atoms with van der Waals surface area (Å²) < 4.78 is 24.7. The molecule has 0 aromatic heterocycles. The molecule has 8 atom stereocenters. The van der Waals surface area contributed by atoms with Gasteiger partial charge in [0.15, 0.2) is 0 Å². The number of benzene rings is 1.